The molecular formula is C21H21Cl2FN2O5S. The van der Waals surface area contributed by atoms with Crippen LogP contribution in [0.1, 0.15) is 30.1 Å². The summed E-state index contributed by atoms with van der Waals surface area (Å²) in [5, 5.41) is 2.82. The predicted molar refractivity (Wildman–Crippen MR) is 119 cm³/mol. The smallest absolute Gasteiger partial charge is 0.309 e. The summed E-state index contributed by atoms with van der Waals surface area (Å²) in [5.41, 5.74) is -0.0994. The van der Waals surface area contributed by atoms with Gasteiger partial charge in [0.25, 0.3) is 5.91 Å². The Balaban J connectivity index is 1.71. The molecule has 0 radical (unpaired) electrons. The number of ether oxygens (including phenoxy) is 1. The van der Waals surface area contributed by atoms with Gasteiger partial charge < -0.3 is 10.1 Å². The van der Waals surface area contributed by atoms with Crippen LogP contribution in [0.2, 0.25) is 10.0 Å². The first-order valence-electron chi connectivity index (χ1n) is 9.86. The zero-order chi connectivity index (χ0) is 23.5. The number of nitrogens with one attached hydrogen (secondary N) is 1. The van der Waals surface area contributed by atoms with Crippen molar-refractivity contribution < 1.29 is 27.1 Å². The van der Waals surface area contributed by atoms with Crippen LogP contribution in [0, 0.1) is 11.7 Å². The minimum Gasteiger partial charge on any atom is -0.466 e. The molecule has 172 valence electrons. The third-order valence-corrected chi connectivity index (χ3v) is 7.52. The Morgan fingerprint density at radius 1 is 1.16 bits per heavy atom. The van der Waals surface area contributed by atoms with E-state index in [1.54, 1.807) is 6.92 Å². The van der Waals surface area contributed by atoms with Crippen molar-refractivity contribution in [2.75, 3.05) is 25.0 Å². The Hall–Kier alpha value is -2.20. The molecule has 11 heteroatoms. The van der Waals surface area contributed by atoms with Gasteiger partial charge in [-0.1, -0.05) is 23.2 Å². The summed E-state index contributed by atoms with van der Waals surface area (Å²) in [7, 11) is -3.96. The lowest BCUT2D eigenvalue weighted by atomic mass is 9.98. The minimum absolute atomic E-state index is 0.0941. The second kappa shape index (κ2) is 10.2. The van der Waals surface area contributed by atoms with Crippen molar-refractivity contribution in [2.45, 2.75) is 24.7 Å². The number of sulfonamides is 1. The van der Waals surface area contributed by atoms with Gasteiger partial charge in [-0.25, -0.2) is 12.8 Å². The van der Waals surface area contributed by atoms with Crippen LogP contribution in [0.4, 0.5) is 10.1 Å². The maximum Gasteiger partial charge on any atom is 0.309 e. The van der Waals surface area contributed by atoms with Crippen LogP contribution < -0.4 is 5.32 Å². The molecule has 1 amide bonds. The van der Waals surface area contributed by atoms with Crippen molar-refractivity contribution in [2.24, 2.45) is 5.92 Å². The van der Waals surface area contributed by atoms with Gasteiger partial charge in [-0.2, -0.15) is 4.31 Å². The molecule has 2 aromatic carbocycles. The highest BCUT2D eigenvalue weighted by atomic mass is 35.5. The number of hydrogen-bond donors (Lipinski definition) is 1. The van der Waals surface area contributed by atoms with E-state index in [2.05, 4.69) is 5.32 Å². The summed E-state index contributed by atoms with van der Waals surface area (Å²) in [6.45, 7) is 2.23. The lowest BCUT2D eigenvalue weighted by Gasteiger charge is -2.30. The minimum atomic E-state index is -3.96. The van der Waals surface area contributed by atoms with Gasteiger partial charge in [0.1, 0.15) is 5.82 Å². The van der Waals surface area contributed by atoms with E-state index >= 15 is 0 Å². The number of amides is 1. The zero-order valence-electron chi connectivity index (χ0n) is 17.1. The first-order chi connectivity index (χ1) is 15.1. The number of hydrogen-bond acceptors (Lipinski definition) is 5. The highest BCUT2D eigenvalue weighted by Crippen LogP contribution is 2.28. The topological polar surface area (TPSA) is 92.8 Å². The number of piperidine rings is 1. The molecule has 0 aromatic heterocycles. The zero-order valence-corrected chi connectivity index (χ0v) is 19.4. The van der Waals surface area contributed by atoms with Crippen molar-refractivity contribution in [3.05, 3.63) is 57.8 Å². The van der Waals surface area contributed by atoms with E-state index in [-0.39, 0.29) is 52.8 Å². The van der Waals surface area contributed by atoms with Crippen LogP contribution >= 0.6 is 23.2 Å². The summed E-state index contributed by atoms with van der Waals surface area (Å²) in [4.78, 5) is 24.0. The van der Waals surface area contributed by atoms with Crippen molar-refractivity contribution in [1.82, 2.24) is 4.31 Å². The van der Waals surface area contributed by atoms with Crippen molar-refractivity contribution in [1.29, 1.82) is 0 Å². The van der Waals surface area contributed by atoms with Crippen LogP contribution in [0.5, 0.6) is 0 Å². The van der Waals surface area contributed by atoms with Crippen LogP contribution in [0.25, 0.3) is 0 Å². The standard InChI is InChI=1S/C21H21Cl2FN2O5S/c1-2-31-21(28)13-7-9-26(10-8-13)32(29,30)15-4-6-19(18(24)12-15)25-20(27)16-5-3-14(22)11-17(16)23/h3-6,11-13H,2,7-10H2,1H3,(H,25,27). The van der Waals surface area contributed by atoms with Gasteiger partial charge in [0.15, 0.2) is 0 Å². The van der Waals surface area contributed by atoms with Gasteiger partial charge in [-0.3, -0.25) is 9.59 Å². The van der Waals surface area contributed by atoms with Crippen molar-refractivity contribution in [3.8, 4) is 0 Å². The number of esters is 1. The molecule has 7 nitrogen and oxygen atoms in total. The van der Waals surface area contributed by atoms with Gasteiger partial charge >= 0.3 is 5.97 Å². The van der Waals surface area contributed by atoms with E-state index in [9.17, 15) is 22.4 Å². The predicted octanol–water partition coefficient (Wildman–Crippen LogP) is 4.35. The molecule has 1 aliphatic rings. The fourth-order valence-electron chi connectivity index (χ4n) is 3.36. The second-order valence-electron chi connectivity index (χ2n) is 7.15. The average molecular weight is 503 g/mol. The highest BCUT2D eigenvalue weighted by Gasteiger charge is 2.33. The lowest BCUT2D eigenvalue weighted by molar-refractivity contribution is -0.149. The maximum absolute atomic E-state index is 14.6. The lowest BCUT2D eigenvalue weighted by Crippen LogP contribution is -2.40. The number of halogens is 3. The van der Waals surface area contributed by atoms with Gasteiger partial charge in [-0.05, 0) is 56.2 Å². The molecule has 32 heavy (non-hydrogen) atoms. The molecule has 1 heterocycles. The van der Waals surface area contributed by atoms with E-state index in [1.807, 2.05) is 0 Å². The molecule has 0 saturated carbocycles. The van der Waals surface area contributed by atoms with Crippen molar-refractivity contribution in [3.63, 3.8) is 0 Å². The number of nitrogens with zero attached hydrogens (tertiary/aromatic N) is 1. The maximum atomic E-state index is 14.6. The number of benzene rings is 2. The van der Waals surface area contributed by atoms with E-state index in [1.165, 1.54) is 34.6 Å². The Labute approximate surface area is 195 Å². The summed E-state index contributed by atoms with van der Waals surface area (Å²) in [5.74, 6) is -2.26. The summed E-state index contributed by atoms with van der Waals surface area (Å²) in [6, 6.07) is 7.50. The number of carbonyl (C=O) groups is 2. The molecule has 1 fully saturated rings. The molecular weight excluding hydrogens is 482 g/mol. The normalized spacial score (nSPS) is 15.4. The van der Waals surface area contributed by atoms with Crippen LogP contribution in [-0.2, 0) is 19.6 Å². The largest absolute Gasteiger partial charge is 0.466 e. The molecule has 0 unspecified atom stereocenters. The quantitative estimate of drug-likeness (QED) is 0.592. The molecule has 1 N–H and O–H groups in total. The third kappa shape index (κ3) is 5.40. The molecule has 2 aromatic rings. The number of anilines is 1. The number of carbonyl (C=O) groups excluding carboxylic acids is 2. The van der Waals surface area contributed by atoms with E-state index in [0.717, 1.165) is 6.07 Å². The first-order valence-corrected chi connectivity index (χ1v) is 12.1. The van der Waals surface area contributed by atoms with Crippen LogP contribution in [-0.4, -0.2) is 44.3 Å². The van der Waals surface area contributed by atoms with E-state index < -0.39 is 21.7 Å². The molecule has 1 saturated heterocycles. The fraction of sp³-hybridized carbons (Fsp3) is 0.333. The fourth-order valence-corrected chi connectivity index (χ4v) is 5.34. The molecule has 0 atom stereocenters. The SMILES string of the molecule is CCOC(=O)C1CCN(S(=O)(=O)c2ccc(NC(=O)c3ccc(Cl)cc3Cl)c(F)c2)CC1. The summed E-state index contributed by atoms with van der Waals surface area (Å²) in [6.07, 6.45) is 0.660. The Morgan fingerprint density at radius 2 is 1.84 bits per heavy atom. The average Bonchev–Trinajstić information content (AvgIpc) is 2.75. The summed E-state index contributed by atoms with van der Waals surface area (Å²) >= 11 is 11.8. The third-order valence-electron chi connectivity index (χ3n) is 5.08. The summed E-state index contributed by atoms with van der Waals surface area (Å²) < 4.78 is 46.6. The molecule has 1 aliphatic heterocycles. The molecule has 3 rings (SSSR count). The second-order valence-corrected chi connectivity index (χ2v) is 9.93. The van der Waals surface area contributed by atoms with Gasteiger partial charge in [0.05, 0.1) is 33.7 Å². The first kappa shape index (κ1) is 24.4. The van der Waals surface area contributed by atoms with Crippen molar-refractivity contribution >= 4 is 50.8 Å². The molecule has 0 bridgehead atoms. The van der Waals surface area contributed by atoms with Crippen LogP contribution in [0.3, 0.4) is 0 Å². The molecule has 0 aliphatic carbocycles. The monoisotopic (exact) mass is 502 g/mol. The number of rotatable bonds is 6. The Kier molecular flexibility index (Phi) is 7.76. The van der Waals surface area contributed by atoms with Gasteiger partial charge in [-0.15, -0.1) is 0 Å². The highest BCUT2D eigenvalue weighted by molar-refractivity contribution is 7.89. The van der Waals surface area contributed by atoms with Gasteiger partial charge in [0.2, 0.25) is 10.0 Å². The van der Waals surface area contributed by atoms with Gasteiger partial charge in [0, 0.05) is 18.1 Å². The Morgan fingerprint density at radius 3 is 2.44 bits per heavy atom. The van der Waals surface area contributed by atoms with E-state index in [4.69, 9.17) is 27.9 Å². The van der Waals surface area contributed by atoms with Crippen LogP contribution in [0.15, 0.2) is 41.3 Å². The van der Waals surface area contributed by atoms with E-state index in [0.29, 0.717) is 17.9 Å². The Bertz CT molecular complexity index is 1140. The molecule has 0 spiro atoms.